The number of para-hydroxylation sites is 1. The smallest absolute Gasteiger partial charge is 0.410 e. The van der Waals surface area contributed by atoms with Gasteiger partial charge in [0.1, 0.15) is 5.75 Å². The van der Waals surface area contributed by atoms with E-state index in [0.29, 0.717) is 32.1 Å². The highest BCUT2D eigenvalue weighted by atomic mass is 16.6. The molecular formula is C11H16N2O3. The molecule has 0 fully saturated rings. The summed E-state index contributed by atoms with van der Waals surface area (Å²) in [7, 11) is 0. The second kappa shape index (κ2) is 7.67. The lowest BCUT2D eigenvalue weighted by Crippen LogP contribution is -2.30. The minimum Gasteiger partial charge on any atom is -0.410 e. The molecule has 16 heavy (non-hydrogen) atoms. The molecule has 0 saturated heterocycles. The third kappa shape index (κ3) is 5.33. The van der Waals surface area contributed by atoms with E-state index in [9.17, 15) is 4.79 Å². The topological polar surface area (TPSA) is 73.6 Å². The van der Waals surface area contributed by atoms with Crippen molar-refractivity contribution in [1.29, 1.82) is 0 Å². The van der Waals surface area contributed by atoms with Gasteiger partial charge in [-0.05, 0) is 12.1 Å². The summed E-state index contributed by atoms with van der Waals surface area (Å²) in [4.78, 5) is 11.2. The van der Waals surface area contributed by atoms with Gasteiger partial charge in [-0.2, -0.15) is 0 Å². The van der Waals surface area contributed by atoms with Crippen LogP contribution in [0.25, 0.3) is 0 Å². The van der Waals surface area contributed by atoms with Gasteiger partial charge in [0.15, 0.2) is 0 Å². The molecule has 0 bridgehead atoms. The van der Waals surface area contributed by atoms with E-state index in [2.05, 4.69) is 5.32 Å². The van der Waals surface area contributed by atoms with Crippen LogP contribution in [0.1, 0.15) is 0 Å². The van der Waals surface area contributed by atoms with Crippen LogP contribution in [0.3, 0.4) is 0 Å². The average molecular weight is 224 g/mol. The van der Waals surface area contributed by atoms with Crippen molar-refractivity contribution in [2.24, 2.45) is 5.73 Å². The highest BCUT2D eigenvalue weighted by Crippen LogP contribution is 2.07. The zero-order chi connectivity index (χ0) is 11.6. The highest BCUT2D eigenvalue weighted by Gasteiger charge is 2.01. The van der Waals surface area contributed by atoms with E-state index < -0.39 is 6.09 Å². The number of benzene rings is 1. The number of ether oxygens (including phenoxy) is 2. The fourth-order valence-electron chi connectivity index (χ4n) is 1.04. The lowest BCUT2D eigenvalue weighted by molar-refractivity contribution is 0.140. The average Bonchev–Trinajstić information content (AvgIpc) is 2.30. The van der Waals surface area contributed by atoms with E-state index in [1.807, 2.05) is 6.07 Å². The molecule has 0 heterocycles. The van der Waals surface area contributed by atoms with Crippen molar-refractivity contribution < 1.29 is 14.3 Å². The molecule has 1 aromatic rings. The zero-order valence-corrected chi connectivity index (χ0v) is 9.02. The van der Waals surface area contributed by atoms with E-state index in [1.54, 1.807) is 24.3 Å². The van der Waals surface area contributed by atoms with Crippen LogP contribution in [0.15, 0.2) is 30.3 Å². The van der Waals surface area contributed by atoms with Crippen LogP contribution in [0.5, 0.6) is 5.75 Å². The molecule has 1 aromatic carbocycles. The van der Waals surface area contributed by atoms with E-state index in [0.717, 1.165) is 0 Å². The first-order chi connectivity index (χ1) is 7.83. The van der Waals surface area contributed by atoms with Crippen LogP contribution in [0.2, 0.25) is 0 Å². The first-order valence-electron chi connectivity index (χ1n) is 5.11. The number of rotatable bonds is 6. The number of amides is 1. The Kier molecular flexibility index (Phi) is 5.98. The van der Waals surface area contributed by atoms with Crippen molar-refractivity contribution in [2.45, 2.75) is 0 Å². The molecule has 0 aliphatic carbocycles. The van der Waals surface area contributed by atoms with Gasteiger partial charge < -0.3 is 20.5 Å². The van der Waals surface area contributed by atoms with Crippen LogP contribution >= 0.6 is 0 Å². The van der Waals surface area contributed by atoms with E-state index in [1.165, 1.54) is 0 Å². The maximum absolute atomic E-state index is 11.2. The molecule has 5 heteroatoms. The number of carbonyl (C=O) groups is 1. The monoisotopic (exact) mass is 224 g/mol. The molecule has 0 aliphatic heterocycles. The summed E-state index contributed by atoms with van der Waals surface area (Å²) in [6.45, 7) is 1.82. The van der Waals surface area contributed by atoms with Crippen LogP contribution in [0, 0.1) is 0 Å². The van der Waals surface area contributed by atoms with Gasteiger partial charge in [0, 0.05) is 13.1 Å². The Labute approximate surface area is 94.5 Å². The Morgan fingerprint density at radius 2 is 2.00 bits per heavy atom. The molecule has 3 N–H and O–H groups in total. The predicted molar refractivity (Wildman–Crippen MR) is 60.3 cm³/mol. The Balaban J connectivity index is 2.12. The van der Waals surface area contributed by atoms with E-state index in [4.69, 9.17) is 15.2 Å². The van der Waals surface area contributed by atoms with Crippen molar-refractivity contribution in [1.82, 2.24) is 5.32 Å². The van der Waals surface area contributed by atoms with Gasteiger partial charge in [0.25, 0.3) is 0 Å². The molecule has 5 nitrogen and oxygen atoms in total. The second-order valence-electron chi connectivity index (χ2n) is 3.03. The Bertz CT molecular complexity index is 303. The summed E-state index contributed by atoms with van der Waals surface area (Å²) in [5.74, 6) is 0.517. The quantitative estimate of drug-likeness (QED) is 0.699. The molecule has 0 saturated carbocycles. The van der Waals surface area contributed by atoms with Crippen molar-refractivity contribution in [3.63, 3.8) is 0 Å². The summed E-state index contributed by atoms with van der Waals surface area (Å²) in [6, 6.07) is 8.88. The maximum Gasteiger partial charge on any atom is 0.412 e. The minimum atomic E-state index is -0.484. The summed E-state index contributed by atoms with van der Waals surface area (Å²) >= 11 is 0. The summed E-state index contributed by atoms with van der Waals surface area (Å²) in [6.07, 6.45) is -0.484. The van der Waals surface area contributed by atoms with Crippen LogP contribution < -0.4 is 15.8 Å². The lowest BCUT2D eigenvalue weighted by atomic mass is 10.3. The molecule has 0 atom stereocenters. The van der Waals surface area contributed by atoms with Gasteiger partial charge in [-0.25, -0.2) is 4.79 Å². The van der Waals surface area contributed by atoms with E-state index >= 15 is 0 Å². The van der Waals surface area contributed by atoms with Gasteiger partial charge in [-0.3, -0.25) is 0 Å². The normalized spacial score (nSPS) is 9.81. The standard InChI is InChI=1S/C11H16N2O3/c12-6-8-15-9-7-13-11(14)16-10-4-2-1-3-5-10/h1-5H,6-9,12H2,(H,13,14). The van der Waals surface area contributed by atoms with Gasteiger partial charge in [-0.1, -0.05) is 18.2 Å². The summed E-state index contributed by atoms with van der Waals surface area (Å²) < 4.78 is 10.1. The van der Waals surface area contributed by atoms with Crippen LogP contribution in [-0.4, -0.2) is 32.4 Å². The predicted octanol–water partition coefficient (Wildman–Crippen LogP) is 0.750. The Morgan fingerprint density at radius 3 is 2.69 bits per heavy atom. The molecule has 0 unspecified atom stereocenters. The second-order valence-corrected chi connectivity index (χ2v) is 3.03. The van der Waals surface area contributed by atoms with Crippen molar-refractivity contribution in [3.8, 4) is 5.75 Å². The number of hydrogen-bond acceptors (Lipinski definition) is 4. The molecule has 1 rings (SSSR count). The number of nitrogens with one attached hydrogen (secondary N) is 1. The van der Waals surface area contributed by atoms with Gasteiger partial charge in [0.2, 0.25) is 0 Å². The summed E-state index contributed by atoms with van der Waals surface area (Å²) in [5.41, 5.74) is 5.24. The molecule has 0 aromatic heterocycles. The molecule has 0 radical (unpaired) electrons. The number of carbonyl (C=O) groups excluding carboxylic acids is 1. The third-order valence-electron chi connectivity index (χ3n) is 1.73. The SMILES string of the molecule is NCCOCCNC(=O)Oc1ccccc1. The zero-order valence-electron chi connectivity index (χ0n) is 9.02. The fourth-order valence-corrected chi connectivity index (χ4v) is 1.04. The van der Waals surface area contributed by atoms with Gasteiger partial charge in [-0.15, -0.1) is 0 Å². The van der Waals surface area contributed by atoms with Crippen molar-refractivity contribution in [3.05, 3.63) is 30.3 Å². The van der Waals surface area contributed by atoms with Gasteiger partial charge in [0.05, 0.1) is 13.2 Å². The largest absolute Gasteiger partial charge is 0.412 e. The highest BCUT2D eigenvalue weighted by molar-refractivity contribution is 5.70. The first-order valence-corrected chi connectivity index (χ1v) is 5.11. The van der Waals surface area contributed by atoms with Crippen molar-refractivity contribution in [2.75, 3.05) is 26.3 Å². The molecular weight excluding hydrogens is 208 g/mol. The lowest BCUT2D eigenvalue weighted by Gasteiger charge is -2.06. The molecule has 0 aliphatic rings. The van der Waals surface area contributed by atoms with Gasteiger partial charge >= 0.3 is 6.09 Å². The first kappa shape index (κ1) is 12.5. The Morgan fingerprint density at radius 1 is 1.25 bits per heavy atom. The summed E-state index contributed by atoms with van der Waals surface area (Å²) in [5, 5.41) is 2.56. The molecule has 1 amide bonds. The number of nitrogens with two attached hydrogens (primary N) is 1. The molecule has 0 spiro atoms. The number of hydrogen-bond donors (Lipinski definition) is 2. The van der Waals surface area contributed by atoms with E-state index in [-0.39, 0.29) is 0 Å². The minimum absolute atomic E-state index is 0.408. The maximum atomic E-state index is 11.2. The Hall–Kier alpha value is -1.59. The van der Waals surface area contributed by atoms with Crippen LogP contribution in [-0.2, 0) is 4.74 Å². The molecule has 88 valence electrons. The van der Waals surface area contributed by atoms with Crippen molar-refractivity contribution >= 4 is 6.09 Å². The van der Waals surface area contributed by atoms with Crippen LogP contribution in [0.4, 0.5) is 4.79 Å². The third-order valence-corrected chi connectivity index (χ3v) is 1.73. The fraction of sp³-hybridized carbons (Fsp3) is 0.364.